The average molecular weight is 358 g/mol. The molecule has 1 heterocycles. The number of carbonyl (C=O) groups is 2. The maximum absolute atomic E-state index is 12.2. The second-order valence-electron chi connectivity index (χ2n) is 5.41. The van der Waals surface area contributed by atoms with E-state index in [4.69, 9.17) is 23.7 Å². The number of benzene rings is 2. The van der Waals surface area contributed by atoms with E-state index < -0.39 is 5.97 Å². The summed E-state index contributed by atoms with van der Waals surface area (Å²) >= 11 is 0. The summed E-state index contributed by atoms with van der Waals surface area (Å²) in [6, 6.07) is 11.6. The maximum Gasteiger partial charge on any atom is 0.344 e. The molecular weight excluding hydrogens is 340 g/mol. The molecule has 1 aliphatic rings. The van der Waals surface area contributed by atoms with Crippen molar-refractivity contribution in [3.63, 3.8) is 0 Å². The molecule has 0 unspecified atom stereocenters. The van der Waals surface area contributed by atoms with E-state index in [9.17, 15) is 9.59 Å². The third kappa shape index (κ3) is 4.44. The number of rotatable bonds is 7. The third-order valence-electron chi connectivity index (χ3n) is 3.64. The molecule has 2 aromatic carbocycles. The Kier molecular flexibility index (Phi) is 5.58. The van der Waals surface area contributed by atoms with Gasteiger partial charge < -0.3 is 23.7 Å². The van der Waals surface area contributed by atoms with Crippen LogP contribution >= 0.6 is 0 Å². The molecule has 2 aromatic rings. The topological polar surface area (TPSA) is 80.3 Å². The van der Waals surface area contributed by atoms with Gasteiger partial charge in [-0.15, -0.1) is 0 Å². The van der Waals surface area contributed by atoms with Gasteiger partial charge >= 0.3 is 5.97 Å². The summed E-state index contributed by atoms with van der Waals surface area (Å²) in [5.41, 5.74) is 0.387. The lowest BCUT2D eigenvalue weighted by Gasteiger charge is -2.18. The zero-order chi connectivity index (χ0) is 18.4. The van der Waals surface area contributed by atoms with Crippen LogP contribution in [-0.4, -0.2) is 45.3 Å². The largest absolute Gasteiger partial charge is 0.497 e. The van der Waals surface area contributed by atoms with Crippen molar-refractivity contribution in [2.75, 3.05) is 33.5 Å². The molecule has 0 atom stereocenters. The van der Waals surface area contributed by atoms with Crippen LogP contribution in [0.5, 0.6) is 23.0 Å². The van der Waals surface area contributed by atoms with Crippen molar-refractivity contribution in [1.29, 1.82) is 0 Å². The summed E-state index contributed by atoms with van der Waals surface area (Å²) in [4.78, 5) is 23.9. The first-order valence-corrected chi connectivity index (χ1v) is 8.01. The SMILES string of the molecule is COc1ccc(OCC(=O)OCC(=O)c2ccc3c(c2)OCCO3)cc1. The van der Waals surface area contributed by atoms with Gasteiger partial charge in [-0.1, -0.05) is 0 Å². The first-order valence-electron chi connectivity index (χ1n) is 8.01. The average Bonchev–Trinajstić information content (AvgIpc) is 2.70. The van der Waals surface area contributed by atoms with Crippen LogP contribution in [0.4, 0.5) is 0 Å². The van der Waals surface area contributed by atoms with Crippen molar-refractivity contribution >= 4 is 11.8 Å². The normalized spacial score (nSPS) is 12.2. The van der Waals surface area contributed by atoms with E-state index in [2.05, 4.69) is 0 Å². The van der Waals surface area contributed by atoms with Crippen molar-refractivity contribution < 1.29 is 33.3 Å². The van der Waals surface area contributed by atoms with E-state index in [0.29, 0.717) is 41.8 Å². The summed E-state index contributed by atoms with van der Waals surface area (Å²) in [5.74, 6) is 1.33. The number of esters is 1. The van der Waals surface area contributed by atoms with E-state index in [0.717, 1.165) is 0 Å². The lowest BCUT2D eigenvalue weighted by Crippen LogP contribution is -2.20. The highest BCUT2D eigenvalue weighted by molar-refractivity contribution is 5.98. The molecule has 0 bridgehead atoms. The van der Waals surface area contributed by atoms with Gasteiger partial charge in [0.25, 0.3) is 0 Å². The Morgan fingerprint density at radius 1 is 0.923 bits per heavy atom. The molecule has 0 saturated carbocycles. The molecule has 136 valence electrons. The Bertz CT molecular complexity index is 783. The molecule has 0 spiro atoms. The Hall–Kier alpha value is -3.22. The first-order chi connectivity index (χ1) is 12.7. The van der Waals surface area contributed by atoms with Gasteiger partial charge in [-0.2, -0.15) is 0 Å². The van der Waals surface area contributed by atoms with Gasteiger partial charge in [-0.05, 0) is 42.5 Å². The molecule has 0 saturated heterocycles. The summed E-state index contributed by atoms with van der Waals surface area (Å²) in [6.45, 7) is 0.250. The molecule has 0 amide bonds. The fourth-order valence-corrected chi connectivity index (χ4v) is 2.30. The minimum atomic E-state index is -0.633. The molecule has 7 nitrogen and oxygen atoms in total. The molecule has 7 heteroatoms. The number of hydrogen-bond donors (Lipinski definition) is 0. The Balaban J connectivity index is 1.47. The van der Waals surface area contributed by atoms with Crippen LogP contribution in [0.25, 0.3) is 0 Å². The Morgan fingerprint density at radius 2 is 1.62 bits per heavy atom. The predicted molar refractivity (Wildman–Crippen MR) is 91.2 cm³/mol. The lowest BCUT2D eigenvalue weighted by molar-refractivity contribution is -0.144. The van der Waals surface area contributed by atoms with Crippen LogP contribution in [0, 0.1) is 0 Å². The smallest absolute Gasteiger partial charge is 0.344 e. The number of Topliss-reactive ketones (excluding diaryl/α,β-unsaturated/α-hetero) is 1. The quantitative estimate of drug-likeness (QED) is 0.555. The minimum absolute atomic E-state index is 0.291. The summed E-state index contributed by atoms with van der Waals surface area (Å²) in [5, 5.41) is 0. The number of hydrogen-bond acceptors (Lipinski definition) is 7. The molecule has 0 fully saturated rings. The molecule has 0 radical (unpaired) electrons. The van der Waals surface area contributed by atoms with E-state index in [1.807, 2.05) is 0 Å². The van der Waals surface area contributed by atoms with Gasteiger partial charge in [-0.25, -0.2) is 4.79 Å². The molecule has 0 aromatic heterocycles. The maximum atomic E-state index is 12.2. The second kappa shape index (κ2) is 8.24. The molecule has 26 heavy (non-hydrogen) atoms. The van der Waals surface area contributed by atoms with Crippen molar-refractivity contribution in [2.45, 2.75) is 0 Å². The van der Waals surface area contributed by atoms with Crippen LogP contribution in [-0.2, 0) is 9.53 Å². The zero-order valence-electron chi connectivity index (χ0n) is 14.2. The fourth-order valence-electron chi connectivity index (χ4n) is 2.30. The van der Waals surface area contributed by atoms with E-state index in [1.54, 1.807) is 49.6 Å². The summed E-state index contributed by atoms with van der Waals surface area (Å²) in [7, 11) is 1.56. The monoisotopic (exact) mass is 358 g/mol. The van der Waals surface area contributed by atoms with Crippen LogP contribution in [0.1, 0.15) is 10.4 Å². The van der Waals surface area contributed by atoms with Crippen molar-refractivity contribution in [1.82, 2.24) is 0 Å². The summed E-state index contributed by atoms with van der Waals surface area (Å²) < 4.78 is 26.1. The predicted octanol–water partition coefficient (Wildman–Crippen LogP) is 2.27. The second-order valence-corrected chi connectivity index (χ2v) is 5.41. The van der Waals surface area contributed by atoms with E-state index >= 15 is 0 Å². The van der Waals surface area contributed by atoms with Crippen LogP contribution in [0.3, 0.4) is 0 Å². The minimum Gasteiger partial charge on any atom is -0.497 e. The van der Waals surface area contributed by atoms with Crippen molar-refractivity contribution in [3.8, 4) is 23.0 Å². The Labute approximate surface area is 150 Å². The highest BCUT2D eigenvalue weighted by Crippen LogP contribution is 2.30. The van der Waals surface area contributed by atoms with Gasteiger partial charge in [0.05, 0.1) is 7.11 Å². The number of ether oxygens (including phenoxy) is 5. The number of ketones is 1. The number of fused-ring (bicyclic) bond motifs is 1. The molecule has 0 N–H and O–H groups in total. The van der Waals surface area contributed by atoms with Crippen LogP contribution in [0.2, 0.25) is 0 Å². The van der Waals surface area contributed by atoms with E-state index in [-0.39, 0.29) is 19.0 Å². The standard InChI is InChI=1S/C19H18O7/c1-22-14-3-5-15(6-4-14)25-12-19(21)26-11-16(20)13-2-7-17-18(10-13)24-9-8-23-17/h2-7,10H,8-9,11-12H2,1H3. The highest BCUT2D eigenvalue weighted by atomic mass is 16.6. The third-order valence-corrected chi connectivity index (χ3v) is 3.64. The molecular formula is C19H18O7. The number of methoxy groups -OCH3 is 1. The van der Waals surface area contributed by atoms with Crippen LogP contribution < -0.4 is 18.9 Å². The fraction of sp³-hybridized carbons (Fsp3) is 0.263. The van der Waals surface area contributed by atoms with Gasteiger partial charge in [0.2, 0.25) is 0 Å². The Morgan fingerprint density at radius 3 is 2.35 bits per heavy atom. The first kappa shape index (κ1) is 17.6. The highest BCUT2D eigenvalue weighted by Gasteiger charge is 2.16. The van der Waals surface area contributed by atoms with Gasteiger partial charge in [0.15, 0.2) is 30.5 Å². The van der Waals surface area contributed by atoms with Crippen molar-refractivity contribution in [2.24, 2.45) is 0 Å². The molecule has 3 rings (SSSR count). The summed E-state index contributed by atoms with van der Waals surface area (Å²) in [6.07, 6.45) is 0. The van der Waals surface area contributed by atoms with Gasteiger partial charge in [0, 0.05) is 5.56 Å². The number of carbonyl (C=O) groups excluding carboxylic acids is 2. The molecule has 1 aliphatic heterocycles. The lowest BCUT2D eigenvalue weighted by atomic mass is 10.1. The van der Waals surface area contributed by atoms with Gasteiger partial charge in [-0.3, -0.25) is 4.79 Å². The zero-order valence-corrected chi connectivity index (χ0v) is 14.2. The molecule has 0 aliphatic carbocycles. The van der Waals surface area contributed by atoms with Gasteiger partial charge in [0.1, 0.15) is 24.7 Å². The van der Waals surface area contributed by atoms with Crippen molar-refractivity contribution in [3.05, 3.63) is 48.0 Å². The van der Waals surface area contributed by atoms with E-state index in [1.165, 1.54) is 0 Å². The van der Waals surface area contributed by atoms with Crippen LogP contribution in [0.15, 0.2) is 42.5 Å².